The molecule has 0 spiro atoms. The molecule has 0 aliphatic heterocycles. The number of benzene rings is 1. The van der Waals surface area contributed by atoms with Crippen LogP contribution < -0.4 is 11.1 Å². The van der Waals surface area contributed by atoms with Crippen molar-refractivity contribution in [3.8, 4) is 23.3 Å². The van der Waals surface area contributed by atoms with Crippen LogP contribution in [-0.2, 0) is 4.79 Å². The van der Waals surface area contributed by atoms with E-state index >= 15 is 0 Å². The fourth-order valence-corrected chi connectivity index (χ4v) is 3.63. The van der Waals surface area contributed by atoms with Crippen molar-refractivity contribution in [1.29, 1.82) is 10.5 Å². The Bertz CT molecular complexity index is 1100. The number of hydrogen-bond acceptors (Lipinski definition) is 7. The van der Waals surface area contributed by atoms with Crippen LogP contribution >= 0.6 is 11.8 Å². The summed E-state index contributed by atoms with van der Waals surface area (Å²) in [7, 11) is 0. The summed E-state index contributed by atoms with van der Waals surface area (Å²) in [5.74, 6) is 0.305. The molecule has 0 aliphatic rings. The minimum atomic E-state index is -0.160. The first-order valence-electron chi connectivity index (χ1n) is 8.65. The molecule has 0 aliphatic carbocycles. The van der Waals surface area contributed by atoms with Crippen molar-refractivity contribution in [2.75, 3.05) is 16.8 Å². The highest BCUT2D eigenvalue weighted by Gasteiger charge is 2.20. The molecule has 0 bridgehead atoms. The molecule has 1 aromatic carbocycles. The highest BCUT2D eigenvalue weighted by molar-refractivity contribution is 7.99. The van der Waals surface area contributed by atoms with E-state index in [1.807, 2.05) is 36.4 Å². The van der Waals surface area contributed by atoms with Crippen LogP contribution in [0.25, 0.3) is 11.1 Å². The normalized spacial score (nSPS) is 10.0. The number of nitrogens with one attached hydrogen (secondary N) is 1. The lowest BCUT2D eigenvalue weighted by Crippen LogP contribution is -2.12. The monoisotopic (exact) mass is 400 g/mol. The van der Waals surface area contributed by atoms with Crippen molar-refractivity contribution in [2.45, 2.75) is 11.4 Å². The van der Waals surface area contributed by atoms with Gasteiger partial charge in [0, 0.05) is 35.8 Å². The number of nitrogens with zero attached hydrogens (tertiary/aromatic N) is 4. The Balaban J connectivity index is 1.81. The first kappa shape index (κ1) is 19.9. The molecule has 2 heterocycles. The fraction of sp³-hybridized carbons (Fsp3) is 0.0952. The minimum absolute atomic E-state index is 0.0640. The van der Waals surface area contributed by atoms with Crippen LogP contribution in [-0.4, -0.2) is 21.6 Å². The molecule has 2 aromatic heterocycles. The minimum Gasteiger partial charge on any atom is -0.383 e. The van der Waals surface area contributed by atoms with Crippen LogP contribution in [0, 0.1) is 22.7 Å². The van der Waals surface area contributed by atoms with Crippen LogP contribution in [0.3, 0.4) is 0 Å². The maximum absolute atomic E-state index is 12.1. The number of carbonyl (C=O) groups excluding carboxylic acids is 1. The van der Waals surface area contributed by atoms with Gasteiger partial charge in [0.1, 0.15) is 28.5 Å². The lowest BCUT2D eigenvalue weighted by atomic mass is 9.97. The average molecular weight is 400 g/mol. The van der Waals surface area contributed by atoms with Gasteiger partial charge in [-0.05, 0) is 17.7 Å². The fourth-order valence-electron chi connectivity index (χ4n) is 2.70. The highest BCUT2D eigenvalue weighted by Crippen LogP contribution is 2.35. The number of nitrogens with two attached hydrogens (primary N) is 1. The predicted molar refractivity (Wildman–Crippen MR) is 112 cm³/mol. The Hall–Kier alpha value is -3.88. The van der Waals surface area contributed by atoms with Crippen LogP contribution in [0.15, 0.2) is 59.9 Å². The number of thioether (sulfide) groups is 1. The maximum atomic E-state index is 12.1. The third-order valence-corrected chi connectivity index (χ3v) is 4.99. The zero-order valence-electron chi connectivity index (χ0n) is 15.3. The van der Waals surface area contributed by atoms with E-state index < -0.39 is 0 Å². The van der Waals surface area contributed by atoms with Gasteiger partial charge in [0.25, 0.3) is 0 Å². The summed E-state index contributed by atoms with van der Waals surface area (Å²) in [5, 5.41) is 22.4. The van der Waals surface area contributed by atoms with Crippen LogP contribution in [0.1, 0.15) is 17.5 Å². The lowest BCUT2D eigenvalue weighted by molar-refractivity contribution is -0.115. The zero-order valence-corrected chi connectivity index (χ0v) is 16.1. The Kier molecular flexibility index (Phi) is 6.41. The van der Waals surface area contributed by atoms with Crippen molar-refractivity contribution in [2.24, 2.45) is 0 Å². The van der Waals surface area contributed by atoms with Crippen LogP contribution in [0.5, 0.6) is 0 Å². The molecule has 7 nitrogen and oxygen atoms in total. The number of anilines is 2. The van der Waals surface area contributed by atoms with Crippen molar-refractivity contribution >= 4 is 29.2 Å². The molecule has 3 aromatic rings. The molecule has 0 saturated carbocycles. The number of rotatable bonds is 6. The van der Waals surface area contributed by atoms with E-state index in [2.05, 4.69) is 21.4 Å². The van der Waals surface area contributed by atoms with Gasteiger partial charge in [0.2, 0.25) is 5.91 Å². The van der Waals surface area contributed by atoms with Gasteiger partial charge in [-0.15, -0.1) is 11.8 Å². The molecule has 0 atom stereocenters. The molecule has 3 rings (SSSR count). The Morgan fingerprint density at radius 3 is 2.41 bits per heavy atom. The number of aromatic nitrogens is 2. The van der Waals surface area contributed by atoms with E-state index in [0.717, 1.165) is 0 Å². The summed E-state index contributed by atoms with van der Waals surface area (Å²) >= 11 is 1.26. The topological polar surface area (TPSA) is 128 Å². The third-order valence-electron chi connectivity index (χ3n) is 4.01. The van der Waals surface area contributed by atoms with Crippen LogP contribution in [0.2, 0.25) is 0 Å². The summed E-state index contributed by atoms with van der Waals surface area (Å²) in [6, 6.07) is 16.7. The van der Waals surface area contributed by atoms with Gasteiger partial charge < -0.3 is 11.1 Å². The standard InChI is InChI=1S/C21H16N6OS/c22-12-16-19(14-4-2-1-3-5-14)17(13-23)21(27-20(16)24)29-11-8-18(28)26-15-6-9-25-10-7-15/h1-7,9-10H,8,11H2,(H2,24,27)(H,25,26,28). The van der Waals surface area contributed by atoms with Gasteiger partial charge in [-0.1, -0.05) is 30.3 Å². The first-order chi connectivity index (χ1) is 14.1. The molecule has 8 heteroatoms. The number of pyridine rings is 2. The Morgan fingerprint density at radius 1 is 1.07 bits per heavy atom. The van der Waals surface area contributed by atoms with Gasteiger partial charge in [-0.25, -0.2) is 4.98 Å². The first-order valence-corrected chi connectivity index (χ1v) is 9.64. The molecule has 0 fully saturated rings. The molecule has 29 heavy (non-hydrogen) atoms. The molecule has 142 valence electrons. The maximum Gasteiger partial charge on any atom is 0.225 e. The SMILES string of the molecule is N#Cc1c(N)nc(SCCC(=O)Nc2ccncc2)c(C#N)c1-c1ccccc1. The summed E-state index contributed by atoms with van der Waals surface area (Å²) in [6.07, 6.45) is 3.41. The van der Waals surface area contributed by atoms with Crippen molar-refractivity contribution in [1.82, 2.24) is 9.97 Å². The summed E-state index contributed by atoms with van der Waals surface area (Å²) in [4.78, 5) is 20.3. The second kappa shape index (κ2) is 9.36. The quantitative estimate of drug-likeness (QED) is 0.605. The average Bonchev–Trinajstić information content (AvgIpc) is 2.74. The second-order valence-electron chi connectivity index (χ2n) is 5.90. The number of nitriles is 2. The largest absolute Gasteiger partial charge is 0.383 e. The van der Waals surface area contributed by atoms with Gasteiger partial charge >= 0.3 is 0 Å². The van der Waals surface area contributed by atoms with Gasteiger partial charge in [0.15, 0.2) is 0 Å². The molecule has 3 N–H and O–H groups in total. The molecule has 1 amide bonds. The van der Waals surface area contributed by atoms with Crippen LogP contribution in [0.4, 0.5) is 11.5 Å². The molecular formula is C21H16N6OS. The van der Waals surface area contributed by atoms with E-state index in [4.69, 9.17) is 5.73 Å². The van der Waals surface area contributed by atoms with Crippen molar-refractivity contribution in [3.05, 3.63) is 66.0 Å². The summed E-state index contributed by atoms with van der Waals surface area (Å²) < 4.78 is 0. The van der Waals surface area contributed by atoms with Crippen molar-refractivity contribution < 1.29 is 4.79 Å². The Labute approximate surface area is 172 Å². The van der Waals surface area contributed by atoms with E-state index in [1.54, 1.807) is 24.5 Å². The van der Waals surface area contributed by atoms with Gasteiger partial charge in [0.05, 0.1) is 5.56 Å². The summed E-state index contributed by atoms with van der Waals surface area (Å²) in [6.45, 7) is 0. The number of nitrogen functional groups attached to an aromatic ring is 1. The third kappa shape index (κ3) is 4.70. The lowest BCUT2D eigenvalue weighted by Gasteiger charge is -2.13. The summed E-state index contributed by atoms with van der Waals surface area (Å²) in [5.41, 5.74) is 8.28. The molecule has 0 unspecified atom stereocenters. The van der Waals surface area contributed by atoms with Crippen molar-refractivity contribution in [3.63, 3.8) is 0 Å². The molecule has 0 radical (unpaired) electrons. The second-order valence-corrected chi connectivity index (χ2v) is 6.98. The van der Waals surface area contributed by atoms with E-state index in [0.29, 0.717) is 27.6 Å². The molecular weight excluding hydrogens is 384 g/mol. The highest BCUT2D eigenvalue weighted by atomic mass is 32.2. The van der Waals surface area contributed by atoms with E-state index in [1.165, 1.54) is 11.8 Å². The van der Waals surface area contributed by atoms with Gasteiger partial charge in [-0.2, -0.15) is 10.5 Å². The number of hydrogen-bond donors (Lipinski definition) is 2. The van der Waals surface area contributed by atoms with Gasteiger partial charge in [-0.3, -0.25) is 9.78 Å². The Morgan fingerprint density at radius 2 is 1.76 bits per heavy atom. The zero-order chi connectivity index (χ0) is 20.6. The van der Waals surface area contributed by atoms with E-state index in [-0.39, 0.29) is 29.3 Å². The number of amides is 1. The smallest absolute Gasteiger partial charge is 0.225 e. The van der Waals surface area contributed by atoms with E-state index in [9.17, 15) is 15.3 Å². The number of carbonyl (C=O) groups is 1. The predicted octanol–water partition coefficient (Wildman–Crippen LogP) is 3.59. The molecule has 0 saturated heterocycles.